The molecule has 2 fully saturated rings. The molecule has 0 spiro atoms. The lowest BCUT2D eigenvalue weighted by Crippen LogP contribution is -2.55. The van der Waals surface area contributed by atoms with Crippen LogP contribution >= 0.6 is 11.6 Å². The summed E-state index contributed by atoms with van der Waals surface area (Å²) >= 11 is 6.45. The molecule has 1 unspecified atom stereocenters. The van der Waals surface area contributed by atoms with Gasteiger partial charge in [0.25, 0.3) is 5.91 Å². The lowest BCUT2D eigenvalue weighted by Gasteiger charge is -2.42. The molecular weight excluding hydrogens is 578 g/mol. The van der Waals surface area contributed by atoms with Crippen LogP contribution in [0.1, 0.15) is 24.1 Å². The van der Waals surface area contributed by atoms with Crippen LogP contribution in [0, 0.1) is 23.1 Å². The van der Waals surface area contributed by atoms with Crippen molar-refractivity contribution < 1.29 is 23.0 Å². The molecule has 2 saturated heterocycles. The second kappa shape index (κ2) is 12.3. The predicted molar refractivity (Wildman–Crippen MR) is 158 cm³/mol. The molecule has 3 aliphatic heterocycles. The minimum Gasteiger partial charge on any atom is -0.463 e. The predicted octanol–water partition coefficient (Wildman–Crippen LogP) is 4.81. The van der Waals surface area contributed by atoms with Crippen molar-refractivity contribution in [1.82, 2.24) is 14.9 Å². The zero-order valence-electron chi connectivity index (χ0n) is 23.6. The molecule has 6 rings (SSSR count). The number of aromatic nitrogens is 2. The topological polar surface area (TPSA) is 94.8 Å². The van der Waals surface area contributed by atoms with Gasteiger partial charge in [0.05, 0.1) is 49.0 Å². The Morgan fingerprint density at radius 3 is 2.84 bits per heavy atom. The van der Waals surface area contributed by atoms with Gasteiger partial charge in [-0.2, -0.15) is 15.2 Å². The van der Waals surface area contributed by atoms with Crippen LogP contribution in [0.15, 0.2) is 42.7 Å². The number of fused-ring (bicyclic) bond motifs is 2. The van der Waals surface area contributed by atoms with E-state index in [9.17, 15) is 18.8 Å². The SMILES string of the molecule is C=C(F)C(=O)N1CCN(c2nc(OCC3CCOC3)nc3c2CCN(c2cccc4ccc(F)c(Cl)c24)C3)C[C@@H]1CC#N. The minimum atomic E-state index is -1.05. The molecule has 43 heavy (non-hydrogen) atoms. The van der Waals surface area contributed by atoms with Crippen LogP contribution < -0.4 is 14.5 Å². The van der Waals surface area contributed by atoms with Gasteiger partial charge in [-0.25, -0.2) is 8.78 Å². The average Bonchev–Trinajstić information content (AvgIpc) is 3.54. The van der Waals surface area contributed by atoms with E-state index in [-0.39, 0.29) is 29.9 Å². The maximum absolute atomic E-state index is 14.5. The molecule has 1 amide bonds. The van der Waals surface area contributed by atoms with Crippen molar-refractivity contribution in [3.63, 3.8) is 0 Å². The van der Waals surface area contributed by atoms with Crippen LogP contribution in [-0.4, -0.2) is 72.8 Å². The Morgan fingerprint density at radius 1 is 1.21 bits per heavy atom. The van der Waals surface area contributed by atoms with Gasteiger partial charge in [-0.15, -0.1) is 0 Å². The summed E-state index contributed by atoms with van der Waals surface area (Å²) in [6.45, 7) is 6.82. The highest BCUT2D eigenvalue weighted by Crippen LogP contribution is 2.38. The standard InChI is InChI=1S/C31H31ClF2N6O3/c1-19(33)30(41)40-13-12-39(15-22(40)7-10-35)29-23-8-11-38(26-4-2-3-21-5-6-24(34)28(32)27(21)26)16-25(23)36-31(37-29)43-18-20-9-14-42-17-20/h2-6,20,22H,1,7-9,11-18H2/t20?,22-/m0/s1. The number of nitriles is 1. The number of carbonyl (C=O) groups excluding carboxylic acids is 1. The van der Waals surface area contributed by atoms with E-state index in [1.165, 1.54) is 11.0 Å². The molecule has 12 heteroatoms. The highest BCUT2D eigenvalue weighted by Gasteiger charge is 2.35. The molecule has 3 aromatic rings. The smallest absolute Gasteiger partial charge is 0.318 e. The lowest BCUT2D eigenvalue weighted by atomic mass is 10.0. The van der Waals surface area contributed by atoms with Crippen LogP contribution in [0.25, 0.3) is 10.8 Å². The first-order chi connectivity index (χ1) is 20.8. The second-order valence-electron chi connectivity index (χ2n) is 11.1. The van der Waals surface area contributed by atoms with E-state index in [0.29, 0.717) is 63.6 Å². The molecule has 0 saturated carbocycles. The van der Waals surface area contributed by atoms with E-state index in [0.717, 1.165) is 28.8 Å². The molecule has 1 aromatic heterocycles. The van der Waals surface area contributed by atoms with Crippen LogP contribution in [0.5, 0.6) is 6.01 Å². The van der Waals surface area contributed by atoms with Crippen LogP contribution in [0.2, 0.25) is 5.02 Å². The molecule has 2 aromatic carbocycles. The van der Waals surface area contributed by atoms with E-state index in [2.05, 4.69) is 17.5 Å². The number of hydrogen-bond donors (Lipinski definition) is 0. The quantitative estimate of drug-likeness (QED) is 0.353. The summed E-state index contributed by atoms with van der Waals surface area (Å²) in [6, 6.07) is 10.7. The molecule has 9 nitrogen and oxygen atoms in total. The van der Waals surface area contributed by atoms with Gasteiger partial charge in [0.1, 0.15) is 11.6 Å². The third kappa shape index (κ3) is 5.82. The number of nitrogens with zero attached hydrogens (tertiary/aromatic N) is 6. The molecule has 0 N–H and O–H groups in total. The van der Waals surface area contributed by atoms with Crippen molar-refractivity contribution in [2.45, 2.75) is 31.8 Å². The highest BCUT2D eigenvalue weighted by molar-refractivity contribution is 6.36. The number of hydrogen-bond acceptors (Lipinski definition) is 8. The molecule has 0 radical (unpaired) electrons. The number of ether oxygens (including phenoxy) is 2. The van der Waals surface area contributed by atoms with Gasteiger partial charge in [-0.05, 0) is 30.4 Å². The number of anilines is 2. The van der Waals surface area contributed by atoms with Gasteiger partial charge < -0.3 is 24.2 Å². The first kappa shape index (κ1) is 29.1. The van der Waals surface area contributed by atoms with Gasteiger partial charge in [0.15, 0.2) is 5.83 Å². The maximum Gasteiger partial charge on any atom is 0.318 e. The number of rotatable bonds is 7. The minimum absolute atomic E-state index is 0.0417. The Hall–Kier alpha value is -4.01. The first-order valence-corrected chi connectivity index (χ1v) is 14.7. The van der Waals surface area contributed by atoms with Crippen molar-refractivity contribution in [3.05, 3.63) is 64.8 Å². The summed E-state index contributed by atoms with van der Waals surface area (Å²) in [5.41, 5.74) is 2.52. The zero-order chi connectivity index (χ0) is 30.1. The van der Waals surface area contributed by atoms with Gasteiger partial charge in [-0.1, -0.05) is 36.4 Å². The molecule has 0 bridgehead atoms. The van der Waals surface area contributed by atoms with Gasteiger partial charge in [0.2, 0.25) is 0 Å². The Balaban J connectivity index is 1.34. The van der Waals surface area contributed by atoms with Gasteiger partial charge in [-0.3, -0.25) is 4.79 Å². The van der Waals surface area contributed by atoms with Gasteiger partial charge in [0, 0.05) is 55.3 Å². The Morgan fingerprint density at radius 2 is 2.07 bits per heavy atom. The van der Waals surface area contributed by atoms with Crippen molar-refractivity contribution in [2.24, 2.45) is 5.92 Å². The Bertz CT molecular complexity index is 1610. The van der Waals surface area contributed by atoms with E-state index >= 15 is 0 Å². The Kier molecular flexibility index (Phi) is 8.32. The van der Waals surface area contributed by atoms with Crippen LogP contribution in [0.3, 0.4) is 0 Å². The van der Waals surface area contributed by atoms with Crippen molar-refractivity contribution in [2.75, 3.05) is 55.8 Å². The van der Waals surface area contributed by atoms with Crippen LogP contribution in [0.4, 0.5) is 20.3 Å². The molecule has 4 heterocycles. The highest BCUT2D eigenvalue weighted by atomic mass is 35.5. The van der Waals surface area contributed by atoms with E-state index in [4.69, 9.17) is 31.0 Å². The third-order valence-corrected chi connectivity index (χ3v) is 8.72. The molecule has 3 aliphatic rings. The number of carbonyl (C=O) groups is 1. The fraction of sp³-hybridized carbons (Fsp3) is 0.419. The van der Waals surface area contributed by atoms with Crippen molar-refractivity contribution >= 4 is 39.8 Å². The van der Waals surface area contributed by atoms with Crippen LogP contribution in [-0.2, 0) is 22.5 Å². The van der Waals surface area contributed by atoms with E-state index < -0.39 is 23.6 Å². The molecule has 2 atom stereocenters. The summed E-state index contributed by atoms with van der Waals surface area (Å²) in [6.07, 6.45) is 1.53. The van der Waals surface area contributed by atoms with E-state index in [1.807, 2.05) is 23.1 Å². The fourth-order valence-electron chi connectivity index (χ4n) is 6.13. The first-order valence-electron chi connectivity index (χ1n) is 14.3. The third-order valence-electron chi connectivity index (χ3n) is 8.35. The summed E-state index contributed by atoms with van der Waals surface area (Å²) in [5.74, 6) is -1.39. The molecular formula is C31H31ClF2N6O3. The Labute approximate surface area is 253 Å². The average molecular weight is 609 g/mol. The molecule has 0 aliphatic carbocycles. The number of amides is 1. The normalized spacial score (nSPS) is 20.2. The van der Waals surface area contributed by atoms with Crippen molar-refractivity contribution in [3.8, 4) is 12.1 Å². The summed E-state index contributed by atoms with van der Waals surface area (Å²) in [7, 11) is 0. The van der Waals surface area contributed by atoms with Crippen molar-refractivity contribution in [1.29, 1.82) is 5.26 Å². The summed E-state index contributed by atoms with van der Waals surface area (Å²) < 4.78 is 39.8. The second-order valence-corrected chi connectivity index (χ2v) is 11.4. The number of halogens is 3. The zero-order valence-corrected chi connectivity index (χ0v) is 24.3. The number of piperazine rings is 1. The monoisotopic (exact) mass is 608 g/mol. The van der Waals surface area contributed by atoms with Gasteiger partial charge >= 0.3 is 6.01 Å². The van der Waals surface area contributed by atoms with E-state index in [1.54, 1.807) is 6.07 Å². The number of benzene rings is 2. The summed E-state index contributed by atoms with van der Waals surface area (Å²) in [4.78, 5) is 27.6. The lowest BCUT2D eigenvalue weighted by molar-refractivity contribution is -0.131. The fourth-order valence-corrected chi connectivity index (χ4v) is 6.40. The maximum atomic E-state index is 14.5. The summed E-state index contributed by atoms with van der Waals surface area (Å²) in [5, 5.41) is 11.0. The molecule has 224 valence electrons. The largest absolute Gasteiger partial charge is 0.463 e.